The summed E-state index contributed by atoms with van der Waals surface area (Å²) in [5.41, 5.74) is 2.79. The van der Waals surface area contributed by atoms with Gasteiger partial charge in [-0.2, -0.15) is 0 Å². The summed E-state index contributed by atoms with van der Waals surface area (Å²) in [5.74, 6) is 1.94. The molecule has 0 atom stereocenters. The van der Waals surface area contributed by atoms with E-state index in [1.165, 1.54) is 24.8 Å². The SMILES string of the molecule is C=C(OC(C)(C)C)N(Cc1ccc2nc(CCl)cn2c1)CC1CCC1. The van der Waals surface area contributed by atoms with Crippen molar-refractivity contribution in [2.75, 3.05) is 6.54 Å². The first-order valence-corrected chi connectivity index (χ1v) is 9.53. The number of halogens is 1. The maximum Gasteiger partial charge on any atom is 0.182 e. The van der Waals surface area contributed by atoms with Crippen LogP contribution in [0, 0.1) is 5.92 Å². The number of fused-ring (bicyclic) bond motifs is 1. The van der Waals surface area contributed by atoms with Gasteiger partial charge in [0.1, 0.15) is 11.2 Å². The smallest absolute Gasteiger partial charge is 0.182 e. The zero-order valence-corrected chi connectivity index (χ0v) is 16.2. The zero-order chi connectivity index (χ0) is 18.0. The molecule has 0 aliphatic heterocycles. The van der Waals surface area contributed by atoms with Crippen molar-refractivity contribution >= 4 is 17.2 Å². The maximum absolute atomic E-state index is 6.05. The van der Waals surface area contributed by atoms with Gasteiger partial charge in [0.05, 0.1) is 11.6 Å². The minimum Gasteiger partial charge on any atom is -0.474 e. The van der Waals surface area contributed by atoms with Gasteiger partial charge in [0.25, 0.3) is 0 Å². The fourth-order valence-corrected chi connectivity index (χ4v) is 3.26. The number of pyridine rings is 1. The van der Waals surface area contributed by atoms with Crippen LogP contribution in [-0.4, -0.2) is 26.4 Å². The van der Waals surface area contributed by atoms with E-state index in [0.29, 0.717) is 5.88 Å². The second-order valence-corrected chi connectivity index (χ2v) is 8.22. The molecule has 1 aliphatic carbocycles. The molecule has 0 amide bonds. The van der Waals surface area contributed by atoms with E-state index in [0.717, 1.165) is 36.2 Å². The molecule has 25 heavy (non-hydrogen) atoms. The van der Waals surface area contributed by atoms with Gasteiger partial charge in [0.15, 0.2) is 5.88 Å². The van der Waals surface area contributed by atoms with Gasteiger partial charge >= 0.3 is 0 Å². The standard InChI is InChI=1S/C20H28ClN3O/c1-15(25-20(2,3)4)23(11-16-6-5-7-16)12-17-8-9-19-22-18(10-21)14-24(19)13-17/h8-9,13-14,16H,1,5-7,10-12H2,2-4H3. The molecular weight excluding hydrogens is 334 g/mol. The van der Waals surface area contributed by atoms with Crippen LogP contribution in [0.15, 0.2) is 37.0 Å². The summed E-state index contributed by atoms with van der Waals surface area (Å²) < 4.78 is 8.09. The Hall–Kier alpha value is -1.68. The quantitative estimate of drug-likeness (QED) is 0.515. The molecule has 4 nitrogen and oxygen atoms in total. The van der Waals surface area contributed by atoms with E-state index in [2.05, 4.69) is 49.5 Å². The number of ether oxygens (including phenoxy) is 1. The highest BCUT2D eigenvalue weighted by Crippen LogP contribution is 2.29. The van der Waals surface area contributed by atoms with Gasteiger partial charge in [-0.15, -0.1) is 11.6 Å². The van der Waals surface area contributed by atoms with Crippen LogP contribution in [0.5, 0.6) is 0 Å². The Morgan fingerprint density at radius 1 is 1.36 bits per heavy atom. The van der Waals surface area contributed by atoms with Crippen LogP contribution in [0.4, 0.5) is 0 Å². The maximum atomic E-state index is 6.05. The topological polar surface area (TPSA) is 29.8 Å². The van der Waals surface area contributed by atoms with Crippen LogP contribution in [0.3, 0.4) is 0 Å². The molecule has 5 heteroatoms. The second kappa shape index (κ2) is 7.28. The van der Waals surface area contributed by atoms with E-state index in [1.807, 2.05) is 16.7 Å². The molecule has 2 aromatic heterocycles. The molecule has 0 unspecified atom stereocenters. The normalized spacial score (nSPS) is 15.2. The molecule has 136 valence electrons. The van der Waals surface area contributed by atoms with E-state index in [9.17, 15) is 0 Å². The average molecular weight is 362 g/mol. The lowest BCUT2D eigenvalue weighted by Crippen LogP contribution is -2.35. The van der Waals surface area contributed by atoms with E-state index >= 15 is 0 Å². The monoisotopic (exact) mass is 361 g/mol. The van der Waals surface area contributed by atoms with Crippen molar-refractivity contribution < 1.29 is 4.74 Å². The Kier molecular flexibility index (Phi) is 5.28. The summed E-state index contributed by atoms with van der Waals surface area (Å²) in [6, 6.07) is 4.17. The van der Waals surface area contributed by atoms with Gasteiger partial charge in [-0.1, -0.05) is 12.5 Å². The predicted molar refractivity (Wildman–Crippen MR) is 102 cm³/mol. The summed E-state index contributed by atoms with van der Waals surface area (Å²) in [5, 5.41) is 0. The third kappa shape index (κ3) is 4.69. The summed E-state index contributed by atoms with van der Waals surface area (Å²) in [6.07, 6.45) is 8.06. The number of aromatic nitrogens is 2. The molecule has 3 rings (SSSR count). The van der Waals surface area contributed by atoms with Crippen LogP contribution >= 0.6 is 11.6 Å². The van der Waals surface area contributed by atoms with Gasteiger partial charge < -0.3 is 14.0 Å². The predicted octanol–water partition coefficient (Wildman–Crippen LogP) is 4.96. The van der Waals surface area contributed by atoms with Crippen LogP contribution in [0.1, 0.15) is 51.3 Å². The van der Waals surface area contributed by atoms with Crippen molar-refractivity contribution in [3.63, 3.8) is 0 Å². The van der Waals surface area contributed by atoms with Crippen LogP contribution in [-0.2, 0) is 17.2 Å². The van der Waals surface area contributed by atoms with Crippen LogP contribution < -0.4 is 0 Å². The number of imidazole rings is 1. The van der Waals surface area contributed by atoms with Crippen molar-refractivity contribution in [2.45, 2.75) is 58.1 Å². The number of alkyl halides is 1. The molecule has 2 aromatic rings. The molecule has 1 fully saturated rings. The molecule has 1 saturated carbocycles. The van der Waals surface area contributed by atoms with Crippen molar-refractivity contribution in [3.8, 4) is 0 Å². The Bertz CT molecular complexity index is 743. The number of hydrogen-bond donors (Lipinski definition) is 0. The molecule has 0 bridgehead atoms. The van der Waals surface area contributed by atoms with E-state index in [1.54, 1.807) is 0 Å². The van der Waals surface area contributed by atoms with E-state index in [4.69, 9.17) is 16.3 Å². The van der Waals surface area contributed by atoms with Crippen LogP contribution in [0.2, 0.25) is 0 Å². The largest absolute Gasteiger partial charge is 0.474 e. The molecule has 2 heterocycles. The fraction of sp³-hybridized carbons (Fsp3) is 0.550. The van der Waals surface area contributed by atoms with Gasteiger partial charge in [0.2, 0.25) is 0 Å². The first-order chi connectivity index (χ1) is 11.8. The van der Waals surface area contributed by atoms with Gasteiger partial charge in [0, 0.05) is 25.5 Å². The number of nitrogens with zero attached hydrogens (tertiary/aromatic N) is 3. The van der Waals surface area contributed by atoms with Gasteiger partial charge in [-0.3, -0.25) is 0 Å². The van der Waals surface area contributed by atoms with Gasteiger partial charge in [-0.05, 0) is 57.7 Å². The minimum absolute atomic E-state index is 0.238. The van der Waals surface area contributed by atoms with Crippen molar-refractivity contribution in [2.24, 2.45) is 5.92 Å². The summed E-state index contributed by atoms with van der Waals surface area (Å²) in [6.45, 7) is 12.2. The van der Waals surface area contributed by atoms with Crippen molar-refractivity contribution in [1.29, 1.82) is 0 Å². The Morgan fingerprint density at radius 3 is 2.72 bits per heavy atom. The Labute approximate surface area is 155 Å². The minimum atomic E-state index is -0.238. The Balaban J connectivity index is 1.77. The third-order valence-corrected chi connectivity index (χ3v) is 4.83. The number of rotatable bonds is 7. The second-order valence-electron chi connectivity index (χ2n) is 7.95. The summed E-state index contributed by atoms with van der Waals surface area (Å²) in [7, 11) is 0. The Morgan fingerprint density at radius 2 is 2.12 bits per heavy atom. The highest BCUT2D eigenvalue weighted by molar-refractivity contribution is 6.16. The number of hydrogen-bond acceptors (Lipinski definition) is 3. The third-order valence-electron chi connectivity index (χ3n) is 4.55. The first-order valence-electron chi connectivity index (χ1n) is 8.99. The van der Waals surface area contributed by atoms with Crippen LogP contribution in [0.25, 0.3) is 5.65 Å². The zero-order valence-electron chi connectivity index (χ0n) is 15.5. The lowest BCUT2D eigenvalue weighted by atomic mass is 9.85. The van der Waals surface area contributed by atoms with E-state index in [-0.39, 0.29) is 5.60 Å². The molecule has 0 aromatic carbocycles. The lowest BCUT2D eigenvalue weighted by Gasteiger charge is -2.36. The highest BCUT2D eigenvalue weighted by atomic mass is 35.5. The molecule has 0 spiro atoms. The van der Waals surface area contributed by atoms with Gasteiger partial charge in [-0.25, -0.2) is 4.98 Å². The first kappa shape index (κ1) is 18.1. The molecule has 0 N–H and O–H groups in total. The summed E-state index contributed by atoms with van der Waals surface area (Å²) >= 11 is 5.89. The average Bonchev–Trinajstić information content (AvgIpc) is 2.90. The molecule has 1 aliphatic rings. The molecule has 0 saturated heterocycles. The molecular formula is C20H28ClN3O. The van der Waals surface area contributed by atoms with Crippen molar-refractivity contribution in [1.82, 2.24) is 14.3 Å². The summed E-state index contributed by atoms with van der Waals surface area (Å²) in [4.78, 5) is 6.75. The van der Waals surface area contributed by atoms with E-state index < -0.39 is 0 Å². The molecule has 0 radical (unpaired) electrons. The lowest BCUT2D eigenvalue weighted by molar-refractivity contribution is -0.00684. The highest BCUT2D eigenvalue weighted by Gasteiger charge is 2.24. The fourth-order valence-electron chi connectivity index (χ4n) is 3.13. The van der Waals surface area contributed by atoms with Crippen molar-refractivity contribution in [3.05, 3.63) is 48.2 Å².